The van der Waals surface area contributed by atoms with Gasteiger partial charge in [-0.25, -0.2) is 9.59 Å². The Morgan fingerprint density at radius 3 is 2.48 bits per heavy atom. The van der Waals surface area contributed by atoms with Gasteiger partial charge in [0.1, 0.15) is 6.61 Å². The molecule has 25 heavy (non-hydrogen) atoms. The highest BCUT2D eigenvalue weighted by Gasteiger charge is 2.12. The van der Waals surface area contributed by atoms with Crippen LogP contribution in [0.4, 0.5) is 0 Å². The third kappa shape index (κ3) is 5.05. The normalized spacial score (nSPS) is 10.3. The van der Waals surface area contributed by atoms with Crippen LogP contribution < -0.4 is 0 Å². The molecule has 0 aliphatic rings. The van der Waals surface area contributed by atoms with Crippen LogP contribution in [0.25, 0.3) is 10.8 Å². The Balaban J connectivity index is 2.25. The Morgan fingerprint density at radius 1 is 1.04 bits per heavy atom. The molecule has 0 saturated carbocycles. The number of ether oxygens (including phenoxy) is 2. The van der Waals surface area contributed by atoms with Crippen LogP contribution in [0, 0.1) is 11.8 Å². The molecule has 2 aromatic rings. The van der Waals surface area contributed by atoms with Gasteiger partial charge < -0.3 is 19.7 Å². The van der Waals surface area contributed by atoms with Crippen molar-refractivity contribution in [1.82, 2.24) is 0 Å². The van der Waals surface area contributed by atoms with Crippen LogP contribution in [0.3, 0.4) is 0 Å². The van der Waals surface area contributed by atoms with Crippen molar-refractivity contribution in [1.29, 1.82) is 0 Å². The molecular formula is C19H18O6. The van der Waals surface area contributed by atoms with Crippen molar-refractivity contribution in [2.75, 3.05) is 26.4 Å². The molecule has 0 aliphatic heterocycles. The number of benzene rings is 2. The molecule has 0 fully saturated rings. The summed E-state index contributed by atoms with van der Waals surface area (Å²) in [4.78, 5) is 22.6. The topological polar surface area (TPSA) is 93.1 Å². The zero-order valence-electron chi connectivity index (χ0n) is 13.7. The van der Waals surface area contributed by atoms with E-state index < -0.39 is 11.9 Å². The molecule has 0 spiro atoms. The molecule has 0 aromatic heterocycles. The van der Waals surface area contributed by atoms with E-state index in [0.717, 1.165) is 0 Å². The van der Waals surface area contributed by atoms with Gasteiger partial charge in [-0.05, 0) is 42.0 Å². The fourth-order valence-electron chi connectivity index (χ4n) is 2.28. The molecule has 2 aromatic carbocycles. The molecular weight excluding hydrogens is 324 g/mol. The highest BCUT2D eigenvalue weighted by atomic mass is 16.5. The van der Waals surface area contributed by atoms with Crippen LogP contribution in [-0.2, 0) is 9.47 Å². The quantitative estimate of drug-likeness (QED) is 0.593. The molecule has 0 amide bonds. The number of hydrogen-bond donors (Lipinski definition) is 2. The minimum absolute atomic E-state index is 0.0796. The summed E-state index contributed by atoms with van der Waals surface area (Å²) in [6.45, 7) is 3.65. The molecule has 2 N–H and O–H groups in total. The largest absolute Gasteiger partial charge is 0.478 e. The molecule has 0 bridgehead atoms. The molecule has 0 atom stereocenters. The van der Waals surface area contributed by atoms with Gasteiger partial charge in [-0.3, -0.25) is 0 Å². The highest BCUT2D eigenvalue weighted by Crippen LogP contribution is 2.23. The standard InChI is InChI=1S/C19H18O6/c1-2-24-8-9-25-7-3-4-13-10-15-12-14(18(20)21)5-6-16(15)17(11-13)19(22)23/h5-6,10-12H,2,7-9H2,1H3,(H,20,21)(H,22,23). The average molecular weight is 342 g/mol. The summed E-state index contributed by atoms with van der Waals surface area (Å²) in [6.07, 6.45) is 0. The minimum Gasteiger partial charge on any atom is -0.478 e. The number of carboxylic acid groups (broad SMARTS) is 2. The third-order valence-electron chi connectivity index (χ3n) is 3.41. The Labute approximate surface area is 145 Å². The molecule has 0 heterocycles. The zero-order chi connectivity index (χ0) is 18.2. The van der Waals surface area contributed by atoms with E-state index in [2.05, 4.69) is 11.8 Å². The van der Waals surface area contributed by atoms with Crippen molar-refractivity contribution in [2.24, 2.45) is 0 Å². The SMILES string of the molecule is CCOCCOCC#Cc1cc(C(=O)O)c2ccc(C(=O)O)cc2c1. The number of fused-ring (bicyclic) bond motifs is 1. The highest BCUT2D eigenvalue weighted by molar-refractivity contribution is 6.06. The molecule has 0 unspecified atom stereocenters. The van der Waals surface area contributed by atoms with E-state index in [-0.39, 0.29) is 17.7 Å². The summed E-state index contributed by atoms with van der Waals surface area (Å²) >= 11 is 0. The van der Waals surface area contributed by atoms with E-state index in [1.54, 1.807) is 6.07 Å². The van der Waals surface area contributed by atoms with E-state index in [4.69, 9.17) is 14.6 Å². The van der Waals surface area contributed by atoms with E-state index in [9.17, 15) is 14.7 Å². The smallest absolute Gasteiger partial charge is 0.336 e. The fraction of sp³-hybridized carbons (Fsp3) is 0.263. The summed E-state index contributed by atoms with van der Waals surface area (Å²) in [5.41, 5.74) is 0.657. The second kappa shape index (κ2) is 8.83. The van der Waals surface area contributed by atoms with E-state index in [0.29, 0.717) is 36.2 Å². The minimum atomic E-state index is -1.09. The van der Waals surface area contributed by atoms with Crippen molar-refractivity contribution in [3.8, 4) is 11.8 Å². The molecule has 0 saturated heterocycles. The van der Waals surface area contributed by atoms with Crippen molar-refractivity contribution >= 4 is 22.7 Å². The van der Waals surface area contributed by atoms with Gasteiger partial charge in [0, 0.05) is 12.2 Å². The first-order valence-electron chi connectivity index (χ1n) is 7.71. The van der Waals surface area contributed by atoms with E-state index >= 15 is 0 Å². The molecule has 6 heteroatoms. The van der Waals surface area contributed by atoms with Crippen LogP contribution in [0.1, 0.15) is 33.2 Å². The first-order chi connectivity index (χ1) is 12.0. The molecule has 0 radical (unpaired) electrons. The van der Waals surface area contributed by atoms with Gasteiger partial charge in [0.2, 0.25) is 0 Å². The Bertz CT molecular complexity index is 844. The van der Waals surface area contributed by atoms with Gasteiger partial charge in [0.15, 0.2) is 0 Å². The summed E-state index contributed by atoms with van der Waals surface area (Å²) in [5, 5.41) is 19.4. The summed E-state index contributed by atoms with van der Waals surface area (Å²) < 4.78 is 10.4. The number of rotatable bonds is 7. The molecule has 130 valence electrons. The van der Waals surface area contributed by atoms with Crippen molar-refractivity contribution in [2.45, 2.75) is 6.92 Å². The lowest BCUT2D eigenvalue weighted by Crippen LogP contribution is -2.03. The van der Waals surface area contributed by atoms with Gasteiger partial charge in [-0.2, -0.15) is 0 Å². The van der Waals surface area contributed by atoms with Crippen molar-refractivity contribution < 1.29 is 29.3 Å². The molecule has 0 aliphatic carbocycles. The predicted molar refractivity (Wildman–Crippen MR) is 92.1 cm³/mol. The summed E-state index contributed by atoms with van der Waals surface area (Å²) in [7, 11) is 0. The summed E-state index contributed by atoms with van der Waals surface area (Å²) in [5.74, 6) is 3.49. The maximum absolute atomic E-state index is 11.5. The Morgan fingerprint density at radius 2 is 1.80 bits per heavy atom. The number of aromatic carboxylic acids is 2. The number of hydrogen-bond acceptors (Lipinski definition) is 4. The second-order valence-corrected chi connectivity index (χ2v) is 5.12. The average Bonchev–Trinajstić information content (AvgIpc) is 2.59. The molecule has 2 rings (SSSR count). The maximum atomic E-state index is 11.5. The lowest BCUT2D eigenvalue weighted by Gasteiger charge is -2.05. The first-order valence-corrected chi connectivity index (χ1v) is 7.71. The van der Waals surface area contributed by atoms with Gasteiger partial charge in [0.05, 0.1) is 24.3 Å². The van der Waals surface area contributed by atoms with Gasteiger partial charge >= 0.3 is 11.9 Å². The van der Waals surface area contributed by atoms with Gasteiger partial charge in [-0.1, -0.05) is 17.9 Å². The predicted octanol–water partition coefficient (Wildman–Crippen LogP) is 2.64. The monoisotopic (exact) mass is 342 g/mol. The summed E-state index contributed by atoms with van der Waals surface area (Å²) in [6, 6.07) is 7.46. The van der Waals surface area contributed by atoms with E-state index in [1.807, 2.05) is 6.92 Å². The second-order valence-electron chi connectivity index (χ2n) is 5.12. The first kappa shape index (κ1) is 18.5. The van der Waals surface area contributed by atoms with Crippen LogP contribution in [-0.4, -0.2) is 48.6 Å². The lowest BCUT2D eigenvalue weighted by molar-refractivity contribution is 0.0662. The fourth-order valence-corrected chi connectivity index (χ4v) is 2.28. The Hall–Kier alpha value is -2.88. The van der Waals surface area contributed by atoms with Crippen LogP contribution in [0.15, 0.2) is 30.3 Å². The maximum Gasteiger partial charge on any atom is 0.336 e. The van der Waals surface area contributed by atoms with Crippen LogP contribution in [0.2, 0.25) is 0 Å². The van der Waals surface area contributed by atoms with Crippen molar-refractivity contribution in [3.05, 3.63) is 47.0 Å². The van der Waals surface area contributed by atoms with E-state index in [1.165, 1.54) is 24.3 Å². The lowest BCUT2D eigenvalue weighted by atomic mass is 9.99. The Kier molecular flexibility index (Phi) is 6.52. The number of carboxylic acids is 2. The molecule has 6 nitrogen and oxygen atoms in total. The third-order valence-corrected chi connectivity index (χ3v) is 3.41. The van der Waals surface area contributed by atoms with Crippen molar-refractivity contribution in [3.63, 3.8) is 0 Å². The number of carbonyl (C=O) groups is 2. The zero-order valence-corrected chi connectivity index (χ0v) is 13.7. The van der Waals surface area contributed by atoms with Crippen LogP contribution in [0.5, 0.6) is 0 Å². The van der Waals surface area contributed by atoms with Gasteiger partial charge in [-0.15, -0.1) is 0 Å². The van der Waals surface area contributed by atoms with Gasteiger partial charge in [0.25, 0.3) is 0 Å². The van der Waals surface area contributed by atoms with Crippen LogP contribution >= 0.6 is 0 Å².